The molecule has 0 aromatic carbocycles. The van der Waals surface area contributed by atoms with Crippen LogP contribution in [-0.4, -0.2) is 36.4 Å². The maximum atomic E-state index is 10.9. The quantitative estimate of drug-likeness (QED) is 0.698. The smallest absolute Gasteiger partial charge is 0.323 e. The summed E-state index contributed by atoms with van der Waals surface area (Å²) in [6, 6.07) is -0.554. The summed E-state index contributed by atoms with van der Waals surface area (Å²) in [7, 11) is 0. The Morgan fingerprint density at radius 2 is 2.12 bits per heavy atom. The van der Waals surface area contributed by atoms with E-state index in [0.29, 0.717) is 6.61 Å². The van der Waals surface area contributed by atoms with Crippen molar-refractivity contribution < 1.29 is 14.6 Å². The van der Waals surface area contributed by atoms with Crippen molar-refractivity contribution in [3.05, 3.63) is 0 Å². The zero-order valence-electron chi connectivity index (χ0n) is 10.1. The van der Waals surface area contributed by atoms with Crippen molar-refractivity contribution in [1.82, 2.24) is 5.32 Å². The van der Waals surface area contributed by atoms with Gasteiger partial charge in [-0.15, -0.1) is 0 Å². The fourth-order valence-corrected chi connectivity index (χ4v) is 2.00. The van der Waals surface area contributed by atoms with Crippen LogP contribution in [0.3, 0.4) is 0 Å². The fraction of sp³-hybridized carbons (Fsp3) is 0.917. The van der Waals surface area contributed by atoms with E-state index in [1.165, 1.54) is 19.3 Å². The van der Waals surface area contributed by atoms with Crippen LogP contribution in [-0.2, 0) is 9.53 Å². The van der Waals surface area contributed by atoms with Crippen LogP contribution in [0.5, 0.6) is 0 Å². The first-order chi connectivity index (χ1) is 7.74. The van der Waals surface area contributed by atoms with Crippen molar-refractivity contribution >= 4 is 5.97 Å². The van der Waals surface area contributed by atoms with Gasteiger partial charge >= 0.3 is 5.97 Å². The molecular weight excluding hydrogens is 206 g/mol. The number of hydrogen-bond donors (Lipinski definition) is 2. The maximum Gasteiger partial charge on any atom is 0.323 e. The second-order valence-corrected chi connectivity index (χ2v) is 4.44. The van der Waals surface area contributed by atoms with E-state index in [2.05, 4.69) is 5.32 Å². The largest absolute Gasteiger partial charge is 0.480 e. The van der Waals surface area contributed by atoms with Crippen LogP contribution in [0.15, 0.2) is 0 Å². The Morgan fingerprint density at radius 1 is 1.44 bits per heavy atom. The van der Waals surface area contributed by atoms with E-state index in [0.717, 1.165) is 25.8 Å². The van der Waals surface area contributed by atoms with E-state index in [4.69, 9.17) is 9.84 Å². The number of ether oxygens (including phenoxy) is 1. The summed E-state index contributed by atoms with van der Waals surface area (Å²) in [4.78, 5) is 10.9. The molecule has 1 aliphatic carbocycles. The average molecular weight is 229 g/mol. The van der Waals surface area contributed by atoms with Gasteiger partial charge in [-0.3, -0.25) is 4.79 Å². The Kier molecular flexibility index (Phi) is 6.42. The first kappa shape index (κ1) is 13.5. The molecule has 1 atom stereocenters. The third-order valence-electron chi connectivity index (χ3n) is 2.99. The van der Waals surface area contributed by atoms with Gasteiger partial charge in [0.15, 0.2) is 0 Å². The number of carboxylic acids is 1. The predicted octanol–water partition coefficient (Wildman–Crippen LogP) is 1.79. The lowest BCUT2D eigenvalue weighted by molar-refractivity contribution is -0.142. The molecule has 0 bridgehead atoms. The monoisotopic (exact) mass is 229 g/mol. The summed E-state index contributed by atoms with van der Waals surface area (Å²) in [5.74, 6) is -0.816. The van der Waals surface area contributed by atoms with Crippen molar-refractivity contribution in [2.45, 2.75) is 57.6 Å². The number of nitrogens with one attached hydrogen (secondary N) is 1. The van der Waals surface area contributed by atoms with Gasteiger partial charge in [-0.2, -0.15) is 0 Å². The molecule has 0 spiro atoms. The molecule has 4 heteroatoms. The number of carbonyl (C=O) groups is 1. The number of rotatable bonds is 7. The molecule has 1 rings (SSSR count). The molecule has 0 aliphatic heterocycles. The SMILES string of the molecule is CCCNC(COC1CCCCC1)C(=O)O. The molecule has 94 valence electrons. The first-order valence-corrected chi connectivity index (χ1v) is 6.31. The lowest BCUT2D eigenvalue weighted by Gasteiger charge is -2.24. The van der Waals surface area contributed by atoms with Crippen molar-refractivity contribution in [1.29, 1.82) is 0 Å². The lowest BCUT2D eigenvalue weighted by Crippen LogP contribution is -2.42. The highest BCUT2D eigenvalue weighted by molar-refractivity contribution is 5.73. The Balaban J connectivity index is 2.22. The summed E-state index contributed by atoms with van der Waals surface area (Å²) in [5, 5.41) is 12.0. The van der Waals surface area contributed by atoms with Gasteiger partial charge in [0.1, 0.15) is 6.04 Å². The third-order valence-corrected chi connectivity index (χ3v) is 2.99. The third kappa shape index (κ3) is 4.94. The van der Waals surface area contributed by atoms with Crippen LogP contribution in [0.25, 0.3) is 0 Å². The summed E-state index contributed by atoms with van der Waals surface area (Å²) in [6.45, 7) is 3.04. The number of aliphatic carboxylic acids is 1. The van der Waals surface area contributed by atoms with E-state index in [9.17, 15) is 4.79 Å². The van der Waals surface area contributed by atoms with Crippen LogP contribution in [0.4, 0.5) is 0 Å². The molecule has 1 fully saturated rings. The van der Waals surface area contributed by atoms with Crippen LogP contribution in [0.1, 0.15) is 45.4 Å². The van der Waals surface area contributed by atoms with Gasteiger partial charge in [0.2, 0.25) is 0 Å². The normalized spacial score (nSPS) is 19.6. The zero-order chi connectivity index (χ0) is 11.8. The molecule has 0 heterocycles. The van der Waals surface area contributed by atoms with Gasteiger partial charge in [-0.25, -0.2) is 0 Å². The second kappa shape index (κ2) is 7.63. The van der Waals surface area contributed by atoms with Crippen molar-refractivity contribution in [2.24, 2.45) is 0 Å². The highest BCUT2D eigenvalue weighted by Gasteiger charge is 2.20. The standard InChI is InChI=1S/C12H23NO3/c1-2-8-13-11(12(14)15)9-16-10-6-4-3-5-7-10/h10-11,13H,2-9H2,1H3,(H,14,15). The topological polar surface area (TPSA) is 58.6 Å². The van der Waals surface area contributed by atoms with Gasteiger partial charge in [-0.1, -0.05) is 26.2 Å². The van der Waals surface area contributed by atoms with E-state index >= 15 is 0 Å². The Morgan fingerprint density at radius 3 is 2.69 bits per heavy atom. The molecule has 0 saturated heterocycles. The van der Waals surface area contributed by atoms with Crippen molar-refractivity contribution in [3.63, 3.8) is 0 Å². The zero-order valence-corrected chi connectivity index (χ0v) is 10.1. The van der Waals surface area contributed by atoms with Crippen LogP contribution in [0.2, 0.25) is 0 Å². The second-order valence-electron chi connectivity index (χ2n) is 4.44. The predicted molar refractivity (Wildman–Crippen MR) is 62.5 cm³/mol. The molecule has 1 saturated carbocycles. The van der Waals surface area contributed by atoms with Crippen molar-refractivity contribution in [3.8, 4) is 0 Å². The minimum atomic E-state index is -0.816. The number of carboxylic acid groups (broad SMARTS) is 1. The van der Waals surface area contributed by atoms with E-state index in [1.54, 1.807) is 0 Å². The average Bonchev–Trinajstić information content (AvgIpc) is 2.30. The van der Waals surface area contributed by atoms with Crippen molar-refractivity contribution in [2.75, 3.05) is 13.2 Å². The molecule has 0 aromatic heterocycles. The summed E-state index contributed by atoms with van der Waals surface area (Å²) < 4.78 is 5.66. The maximum absolute atomic E-state index is 10.9. The molecule has 2 N–H and O–H groups in total. The van der Waals surface area contributed by atoms with Gasteiger partial charge in [0, 0.05) is 0 Å². The highest BCUT2D eigenvalue weighted by Crippen LogP contribution is 2.20. The fourth-order valence-electron chi connectivity index (χ4n) is 2.00. The summed E-state index contributed by atoms with van der Waals surface area (Å²) in [5.41, 5.74) is 0. The Labute approximate surface area is 97.4 Å². The van der Waals surface area contributed by atoms with Crippen LogP contribution >= 0.6 is 0 Å². The lowest BCUT2D eigenvalue weighted by atomic mass is 9.98. The minimum Gasteiger partial charge on any atom is -0.480 e. The van der Waals surface area contributed by atoms with Gasteiger partial charge in [0.05, 0.1) is 12.7 Å². The molecule has 1 unspecified atom stereocenters. The van der Waals surface area contributed by atoms with E-state index < -0.39 is 12.0 Å². The molecule has 16 heavy (non-hydrogen) atoms. The summed E-state index contributed by atoms with van der Waals surface area (Å²) in [6.07, 6.45) is 7.10. The summed E-state index contributed by atoms with van der Waals surface area (Å²) >= 11 is 0. The van der Waals surface area contributed by atoms with Crippen LogP contribution in [0, 0.1) is 0 Å². The van der Waals surface area contributed by atoms with Crippen LogP contribution < -0.4 is 5.32 Å². The molecule has 0 aromatic rings. The van der Waals surface area contributed by atoms with Gasteiger partial charge in [0.25, 0.3) is 0 Å². The van der Waals surface area contributed by atoms with Gasteiger partial charge < -0.3 is 15.2 Å². The van der Waals surface area contributed by atoms with E-state index in [1.807, 2.05) is 6.92 Å². The molecule has 4 nitrogen and oxygen atoms in total. The highest BCUT2D eigenvalue weighted by atomic mass is 16.5. The number of hydrogen-bond acceptors (Lipinski definition) is 3. The first-order valence-electron chi connectivity index (χ1n) is 6.31. The van der Waals surface area contributed by atoms with E-state index in [-0.39, 0.29) is 6.10 Å². The molecule has 0 amide bonds. The molecule has 1 aliphatic rings. The Hall–Kier alpha value is -0.610. The molecular formula is C12H23NO3. The van der Waals surface area contributed by atoms with Gasteiger partial charge in [-0.05, 0) is 25.8 Å². The minimum absolute atomic E-state index is 0.277. The Bertz CT molecular complexity index is 202. The molecule has 0 radical (unpaired) electrons.